The first-order valence-corrected chi connectivity index (χ1v) is 8.71. The van der Waals surface area contributed by atoms with E-state index in [9.17, 15) is 18.3 Å². The highest BCUT2D eigenvalue weighted by Gasteiger charge is 2.30. The molecule has 0 atom stereocenters. The molecule has 8 heteroatoms. The lowest BCUT2D eigenvalue weighted by atomic mass is 10.1. The van der Waals surface area contributed by atoms with Crippen LogP contribution in [0.4, 0.5) is 24.7 Å². The van der Waals surface area contributed by atoms with Crippen LogP contribution in [0.3, 0.4) is 0 Å². The molecule has 3 aromatic heterocycles. The molecule has 0 aliphatic heterocycles. The number of hydrogen-bond acceptors (Lipinski definition) is 5. The highest BCUT2D eigenvalue weighted by molar-refractivity contribution is 5.92. The van der Waals surface area contributed by atoms with Crippen molar-refractivity contribution >= 4 is 22.4 Å². The molecule has 2 N–H and O–H groups in total. The summed E-state index contributed by atoms with van der Waals surface area (Å²) in [6.45, 7) is 0. The number of hydrogen-bond donors (Lipinski definition) is 2. The summed E-state index contributed by atoms with van der Waals surface area (Å²) < 4.78 is 38.9. The Hall–Kier alpha value is -3.68. The fraction of sp³-hybridized carbons (Fsp3) is 0.0952. The zero-order valence-electron chi connectivity index (χ0n) is 15.0. The quantitative estimate of drug-likeness (QED) is 0.503. The van der Waals surface area contributed by atoms with Gasteiger partial charge in [0.2, 0.25) is 5.88 Å². The number of alkyl halides is 3. The molecule has 5 nitrogen and oxygen atoms in total. The number of rotatable bonds is 4. The van der Waals surface area contributed by atoms with Crippen molar-refractivity contribution in [1.29, 1.82) is 0 Å². The smallest absolute Gasteiger partial charge is 0.416 e. The molecule has 4 rings (SSSR count). The third-order valence-electron chi connectivity index (χ3n) is 4.37. The third-order valence-corrected chi connectivity index (χ3v) is 4.37. The van der Waals surface area contributed by atoms with E-state index >= 15 is 0 Å². The van der Waals surface area contributed by atoms with E-state index in [2.05, 4.69) is 20.3 Å². The summed E-state index contributed by atoms with van der Waals surface area (Å²) in [6, 6.07) is 11.8. The molecule has 0 aliphatic rings. The van der Waals surface area contributed by atoms with Crippen molar-refractivity contribution in [3.05, 3.63) is 83.8 Å². The predicted octanol–water partition coefficient (Wildman–Crippen LogP) is 5.08. The van der Waals surface area contributed by atoms with Gasteiger partial charge in [0.25, 0.3) is 0 Å². The van der Waals surface area contributed by atoms with E-state index in [1.807, 2.05) is 6.07 Å². The first-order chi connectivity index (χ1) is 13.9. The highest BCUT2D eigenvalue weighted by atomic mass is 19.4. The molecule has 0 saturated heterocycles. The zero-order valence-corrected chi connectivity index (χ0v) is 15.0. The minimum absolute atomic E-state index is 0.0597. The van der Waals surface area contributed by atoms with Crippen molar-refractivity contribution in [2.24, 2.45) is 0 Å². The second-order valence-corrected chi connectivity index (χ2v) is 6.44. The van der Waals surface area contributed by atoms with Gasteiger partial charge in [-0.1, -0.05) is 12.1 Å². The molecule has 0 fully saturated rings. The van der Waals surface area contributed by atoms with Crippen LogP contribution in [0.2, 0.25) is 0 Å². The van der Waals surface area contributed by atoms with E-state index in [0.717, 1.165) is 23.3 Å². The molecule has 0 radical (unpaired) electrons. The van der Waals surface area contributed by atoms with Crippen LogP contribution in [0, 0.1) is 0 Å². The van der Waals surface area contributed by atoms with Gasteiger partial charge in [0.15, 0.2) is 0 Å². The van der Waals surface area contributed by atoms with Crippen molar-refractivity contribution in [3.63, 3.8) is 0 Å². The summed E-state index contributed by atoms with van der Waals surface area (Å²) in [7, 11) is 0. The summed E-state index contributed by atoms with van der Waals surface area (Å²) in [5.41, 5.74) is 1.94. The van der Waals surface area contributed by atoms with E-state index in [1.54, 1.807) is 36.8 Å². The van der Waals surface area contributed by atoms with Gasteiger partial charge in [-0.05, 0) is 35.9 Å². The maximum Gasteiger partial charge on any atom is 0.416 e. The van der Waals surface area contributed by atoms with Gasteiger partial charge in [0.05, 0.1) is 11.1 Å². The Bertz CT molecular complexity index is 1160. The van der Waals surface area contributed by atoms with E-state index in [1.165, 1.54) is 12.1 Å². The Labute approximate surface area is 163 Å². The second kappa shape index (κ2) is 7.38. The molecule has 0 spiro atoms. The fourth-order valence-electron chi connectivity index (χ4n) is 3.01. The van der Waals surface area contributed by atoms with E-state index in [0.29, 0.717) is 23.1 Å². The Morgan fingerprint density at radius 1 is 0.931 bits per heavy atom. The van der Waals surface area contributed by atoms with Crippen LogP contribution in [-0.4, -0.2) is 20.1 Å². The van der Waals surface area contributed by atoms with Crippen molar-refractivity contribution in [1.82, 2.24) is 15.0 Å². The first-order valence-electron chi connectivity index (χ1n) is 8.71. The normalized spacial score (nSPS) is 11.6. The van der Waals surface area contributed by atoms with Crippen LogP contribution in [0.5, 0.6) is 5.88 Å². The summed E-state index contributed by atoms with van der Waals surface area (Å²) >= 11 is 0. The molecule has 1 aromatic carbocycles. The Kier molecular flexibility index (Phi) is 4.75. The Balaban J connectivity index is 1.69. The molecule has 29 heavy (non-hydrogen) atoms. The molecular weight excluding hydrogens is 381 g/mol. The maximum absolute atomic E-state index is 13.0. The summed E-state index contributed by atoms with van der Waals surface area (Å²) in [6.07, 6.45) is 0.931. The lowest BCUT2D eigenvalue weighted by molar-refractivity contribution is -0.137. The van der Waals surface area contributed by atoms with Crippen LogP contribution >= 0.6 is 0 Å². The summed E-state index contributed by atoms with van der Waals surface area (Å²) in [5.74, 6) is 0.357. The number of nitrogens with one attached hydrogen (secondary N) is 1. The van der Waals surface area contributed by atoms with Crippen LogP contribution in [0.15, 0.2) is 67.1 Å². The van der Waals surface area contributed by atoms with E-state index < -0.39 is 11.7 Å². The van der Waals surface area contributed by atoms with Crippen LogP contribution < -0.4 is 5.32 Å². The van der Waals surface area contributed by atoms with Gasteiger partial charge in [0.1, 0.15) is 5.82 Å². The molecular formula is C21H15F3N4O. The zero-order chi connectivity index (χ0) is 20.4. The number of benzene rings is 1. The number of pyridine rings is 3. The Morgan fingerprint density at radius 3 is 2.55 bits per heavy atom. The summed E-state index contributed by atoms with van der Waals surface area (Å²) in [4.78, 5) is 12.7. The number of nitrogens with zero attached hydrogens (tertiary/aromatic N) is 3. The topological polar surface area (TPSA) is 70.9 Å². The lowest BCUT2D eigenvalue weighted by Crippen LogP contribution is -2.05. The molecule has 3 heterocycles. The average molecular weight is 396 g/mol. The van der Waals surface area contributed by atoms with Crippen molar-refractivity contribution < 1.29 is 18.3 Å². The standard InChI is InChI=1S/C21H15F3N4O/c22-21(23,24)15-3-1-4-16(10-15)28-20-17-5-2-8-25-19(17)14(12-27-20)9-13-6-7-18(29)26-11-13/h1-8,10-12H,9H2,(H,26,29)(H,27,28). The monoisotopic (exact) mass is 396 g/mol. The van der Waals surface area contributed by atoms with Crippen molar-refractivity contribution in [3.8, 4) is 5.88 Å². The van der Waals surface area contributed by atoms with Crippen molar-refractivity contribution in [2.45, 2.75) is 12.6 Å². The first kappa shape index (κ1) is 18.7. The van der Waals surface area contributed by atoms with Gasteiger partial charge in [-0.3, -0.25) is 4.98 Å². The molecule has 0 aliphatic carbocycles. The summed E-state index contributed by atoms with van der Waals surface area (Å²) in [5, 5.41) is 13.0. The number of fused-ring (bicyclic) bond motifs is 1. The maximum atomic E-state index is 13.0. The largest absolute Gasteiger partial charge is 0.493 e. The van der Waals surface area contributed by atoms with Gasteiger partial charge in [-0.25, -0.2) is 9.97 Å². The van der Waals surface area contributed by atoms with E-state index in [4.69, 9.17) is 0 Å². The molecule has 4 aromatic rings. The van der Waals surface area contributed by atoms with Gasteiger partial charge in [0, 0.05) is 47.7 Å². The number of halogens is 3. The third kappa shape index (κ3) is 4.11. The number of aromatic hydroxyl groups is 1. The number of aromatic nitrogens is 3. The molecule has 146 valence electrons. The highest BCUT2D eigenvalue weighted by Crippen LogP contribution is 2.32. The molecule has 0 amide bonds. The van der Waals surface area contributed by atoms with Crippen molar-refractivity contribution in [2.75, 3.05) is 5.32 Å². The number of anilines is 2. The minimum Gasteiger partial charge on any atom is -0.493 e. The van der Waals surface area contributed by atoms with Crippen LogP contribution in [0.1, 0.15) is 16.7 Å². The predicted molar refractivity (Wildman–Crippen MR) is 103 cm³/mol. The van der Waals surface area contributed by atoms with Gasteiger partial charge in [-0.2, -0.15) is 13.2 Å². The molecule has 0 unspecified atom stereocenters. The lowest BCUT2D eigenvalue weighted by Gasteiger charge is -2.13. The van der Waals surface area contributed by atoms with Gasteiger partial charge in [-0.15, -0.1) is 0 Å². The SMILES string of the molecule is Oc1ccc(Cc2cnc(Nc3cccc(C(F)(F)F)c3)c3cccnc23)cn1. The minimum atomic E-state index is -4.42. The molecule has 0 saturated carbocycles. The fourth-order valence-corrected chi connectivity index (χ4v) is 3.01. The van der Waals surface area contributed by atoms with Crippen LogP contribution in [0.25, 0.3) is 10.9 Å². The Morgan fingerprint density at radius 2 is 1.79 bits per heavy atom. The van der Waals surface area contributed by atoms with Gasteiger partial charge < -0.3 is 10.4 Å². The van der Waals surface area contributed by atoms with E-state index in [-0.39, 0.29) is 11.6 Å². The van der Waals surface area contributed by atoms with Gasteiger partial charge >= 0.3 is 6.18 Å². The molecule has 0 bridgehead atoms. The average Bonchev–Trinajstić information content (AvgIpc) is 2.71. The van der Waals surface area contributed by atoms with Crippen LogP contribution in [-0.2, 0) is 12.6 Å². The second-order valence-electron chi connectivity index (χ2n) is 6.44.